The number of sulfonamides is 1. The van der Waals surface area contributed by atoms with Gasteiger partial charge in [-0.05, 0) is 49.6 Å². The molecular weight excluding hydrogens is 325 g/mol. The average molecular weight is 340 g/mol. The second kappa shape index (κ2) is 5.56. The third-order valence-corrected chi connectivity index (χ3v) is 5.85. The number of benzene rings is 2. The molecule has 1 heterocycles. The number of aryl methyl sites for hydroxylation is 2. The van der Waals surface area contributed by atoms with E-state index >= 15 is 0 Å². The first-order valence-corrected chi connectivity index (χ1v) is 8.79. The van der Waals surface area contributed by atoms with Crippen LogP contribution in [-0.2, 0) is 16.4 Å². The molecule has 0 N–H and O–H groups in total. The van der Waals surface area contributed by atoms with Crippen molar-refractivity contribution in [2.45, 2.75) is 24.7 Å². The van der Waals surface area contributed by atoms with Gasteiger partial charge in [-0.3, -0.25) is 4.31 Å². The largest absolute Gasteiger partial charge is 0.267 e. The summed E-state index contributed by atoms with van der Waals surface area (Å²) in [6, 6.07) is 9.26. The minimum Gasteiger partial charge on any atom is -0.266 e. The average Bonchev–Trinajstić information content (AvgIpc) is 2.45. The van der Waals surface area contributed by atoms with Crippen LogP contribution in [0, 0.1) is 12.7 Å². The molecule has 6 heteroatoms. The van der Waals surface area contributed by atoms with E-state index in [4.69, 9.17) is 11.6 Å². The molecule has 0 unspecified atom stereocenters. The molecule has 0 saturated carbocycles. The second-order valence-electron chi connectivity index (χ2n) is 5.39. The molecule has 0 aromatic heterocycles. The first-order valence-electron chi connectivity index (χ1n) is 6.97. The molecular formula is C16H15ClFNO2S. The summed E-state index contributed by atoms with van der Waals surface area (Å²) in [5, 5.41) is 0.172. The van der Waals surface area contributed by atoms with Crippen molar-refractivity contribution >= 4 is 27.3 Å². The summed E-state index contributed by atoms with van der Waals surface area (Å²) in [5.41, 5.74) is 2.69. The van der Waals surface area contributed by atoms with Gasteiger partial charge in [0.25, 0.3) is 10.0 Å². The first-order chi connectivity index (χ1) is 10.4. The van der Waals surface area contributed by atoms with E-state index in [0.717, 1.165) is 23.6 Å². The van der Waals surface area contributed by atoms with Crippen LogP contribution in [0.1, 0.15) is 17.5 Å². The number of rotatable bonds is 2. The molecule has 0 radical (unpaired) electrons. The van der Waals surface area contributed by atoms with E-state index in [1.807, 2.05) is 19.1 Å². The van der Waals surface area contributed by atoms with Gasteiger partial charge in [-0.1, -0.05) is 29.3 Å². The maximum Gasteiger partial charge on any atom is 0.267 e. The minimum absolute atomic E-state index is 0.172. The van der Waals surface area contributed by atoms with Crippen molar-refractivity contribution < 1.29 is 12.8 Å². The Kier molecular flexibility index (Phi) is 3.87. The molecule has 0 bridgehead atoms. The van der Waals surface area contributed by atoms with Crippen molar-refractivity contribution in [1.29, 1.82) is 0 Å². The summed E-state index contributed by atoms with van der Waals surface area (Å²) in [6.45, 7) is 2.31. The van der Waals surface area contributed by atoms with Crippen molar-refractivity contribution in [3.05, 3.63) is 58.4 Å². The Hall–Kier alpha value is -1.59. The van der Waals surface area contributed by atoms with E-state index in [1.54, 1.807) is 6.07 Å². The van der Waals surface area contributed by atoms with Gasteiger partial charge in [0.05, 0.1) is 5.69 Å². The maximum atomic E-state index is 14.1. The lowest BCUT2D eigenvalue weighted by Crippen LogP contribution is -2.36. The number of nitrogens with zero attached hydrogens (tertiary/aromatic N) is 1. The molecule has 3 nitrogen and oxygen atoms in total. The number of hydrogen-bond donors (Lipinski definition) is 0. The summed E-state index contributed by atoms with van der Waals surface area (Å²) in [5.74, 6) is -0.827. The highest BCUT2D eigenvalue weighted by Gasteiger charge is 2.31. The normalized spacial score (nSPS) is 14.8. The topological polar surface area (TPSA) is 37.4 Å². The summed E-state index contributed by atoms with van der Waals surface area (Å²) < 4.78 is 41.0. The zero-order chi connectivity index (χ0) is 15.9. The molecule has 2 aromatic rings. The van der Waals surface area contributed by atoms with E-state index in [0.29, 0.717) is 18.7 Å². The van der Waals surface area contributed by atoms with Crippen LogP contribution < -0.4 is 4.31 Å². The van der Waals surface area contributed by atoms with Crippen molar-refractivity contribution in [2.24, 2.45) is 0 Å². The molecule has 0 fully saturated rings. The third kappa shape index (κ3) is 2.59. The van der Waals surface area contributed by atoms with E-state index in [1.165, 1.54) is 16.4 Å². The van der Waals surface area contributed by atoms with Gasteiger partial charge in [0.1, 0.15) is 10.7 Å². The molecule has 0 saturated heterocycles. The SMILES string of the molecule is Cc1ccc2c(c1)CCCN2S(=O)(=O)c1ccc(Cl)cc1F. The fourth-order valence-corrected chi connectivity index (χ4v) is 4.49. The van der Waals surface area contributed by atoms with Gasteiger partial charge in [0.2, 0.25) is 0 Å². The van der Waals surface area contributed by atoms with Crippen LogP contribution in [0.2, 0.25) is 5.02 Å². The van der Waals surface area contributed by atoms with Crippen LogP contribution in [0.5, 0.6) is 0 Å². The van der Waals surface area contributed by atoms with Gasteiger partial charge in [0, 0.05) is 11.6 Å². The standard InChI is InChI=1S/C16H15ClFNO2S/c1-11-4-6-15-12(9-11)3-2-8-19(15)22(20,21)16-7-5-13(17)10-14(16)18/h4-7,9-10H,2-3,8H2,1H3. The molecule has 0 spiro atoms. The van der Waals surface area contributed by atoms with Crippen molar-refractivity contribution in [3.63, 3.8) is 0 Å². The van der Waals surface area contributed by atoms with Crippen LogP contribution >= 0.6 is 11.6 Å². The summed E-state index contributed by atoms with van der Waals surface area (Å²) in [7, 11) is -3.94. The Labute approximate surface area is 134 Å². The fraction of sp³-hybridized carbons (Fsp3) is 0.250. The van der Waals surface area contributed by atoms with Crippen LogP contribution in [0.25, 0.3) is 0 Å². The summed E-state index contributed by atoms with van der Waals surface area (Å²) in [4.78, 5) is -0.342. The third-order valence-electron chi connectivity index (χ3n) is 3.77. The van der Waals surface area contributed by atoms with E-state index in [-0.39, 0.29) is 9.92 Å². The fourth-order valence-electron chi connectivity index (χ4n) is 2.74. The molecule has 116 valence electrons. The molecule has 0 aliphatic carbocycles. The van der Waals surface area contributed by atoms with Gasteiger partial charge in [-0.15, -0.1) is 0 Å². The predicted octanol–water partition coefficient (Wildman–Crippen LogP) is 3.93. The highest BCUT2D eigenvalue weighted by Crippen LogP contribution is 2.33. The number of hydrogen-bond acceptors (Lipinski definition) is 2. The van der Waals surface area contributed by atoms with Crippen LogP contribution in [0.15, 0.2) is 41.3 Å². The molecule has 22 heavy (non-hydrogen) atoms. The predicted molar refractivity (Wildman–Crippen MR) is 85.4 cm³/mol. The number of halogens is 2. The monoisotopic (exact) mass is 339 g/mol. The molecule has 2 aromatic carbocycles. The molecule has 3 rings (SSSR count). The zero-order valence-electron chi connectivity index (χ0n) is 12.0. The molecule has 0 atom stereocenters. The Bertz CT molecular complexity index is 836. The lowest BCUT2D eigenvalue weighted by molar-refractivity contribution is 0.561. The van der Waals surface area contributed by atoms with E-state index in [2.05, 4.69) is 0 Å². The Balaban J connectivity index is 2.11. The van der Waals surface area contributed by atoms with Crippen molar-refractivity contribution in [1.82, 2.24) is 0 Å². The molecule has 1 aliphatic heterocycles. The zero-order valence-corrected chi connectivity index (χ0v) is 13.6. The Morgan fingerprint density at radius 1 is 1.18 bits per heavy atom. The van der Waals surface area contributed by atoms with Gasteiger partial charge < -0.3 is 0 Å². The Morgan fingerprint density at radius 2 is 1.95 bits per heavy atom. The number of anilines is 1. The molecule has 1 aliphatic rings. The van der Waals surface area contributed by atoms with Crippen LogP contribution in [0.3, 0.4) is 0 Å². The van der Waals surface area contributed by atoms with Gasteiger partial charge >= 0.3 is 0 Å². The minimum atomic E-state index is -3.94. The summed E-state index contributed by atoms with van der Waals surface area (Å²) >= 11 is 5.70. The highest BCUT2D eigenvalue weighted by molar-refractivity contribution is 7.92. The Morgan fingerprint density at radius 3 is 2.68 bits per heavy atom. The smallest absolute Gasteiger partial charge is 0.266 e. The van der Waals surface area contributed by atoms with Crippen molar-refractivity contribution in [3.8, 4) is 0 Å². The maximum absolute atomic E-state index is 14.1. The molecule has 0 amide bonds. The highest BCUT2D eigenvalue weighted by atomic mass is 35.5. The quantitative estimate of drug-likeness (QED) is 0.831. The van der Waals surface area contributed by atoms with Gasteiger partial charge in [-0.2, -0.15) is 0 Å². The number of fused-ring (bicyclic) bond motifs is 1. The van der Waals surface area contributed by atoms with E-state index < -0.39 is 15.8 Å². The van der Waals surface area contributed by atoms with E-state index in [9.17, 15) is 12.8 Å². The first kappa shape index (κ1) is 15.3. The van der Waals surface area contributed by atoms with Crippen LogP contribution in [-0.4, -0.2) is 15.0 Å². The van der Waals surface area contributed by atoms with Gasteiger partial charge in [-0.25, -0.2) is 12.8 Å². The van der Waals surface area contributed by atoms with Crippen molar-refractivity contribution in [2.75, 3.05) is 10.8 Å². The second-order valence-corrected chi connectivity index (χ2v) is 7.65. The lowest BCUT2D eigenvalue weighted by atomic mass is 10.0. The van der Waals surface area contributed by atoms with Gasteiger partial charge in [0.15, 0.2) is 0 Å². The van der Waals surface area contributed by atoms with Crippen LogP contribution in [0.4, 0.5) is 10.1 Å². The lowest BCUT2D eigenvalue weighted by Gasteiger charge is -2.30. The summed E-state index contributed by atoms with van der Waals surface area (Å²) in [6.07, 6.45) is 1.54.